The van der Waals surface area contributed by atoms with Crippen LogP contribution < -0.4 is 0 Å². The second-order valence-electron chi connectivity index (χ2n) is 5.36. The summed E-state index contributed by atoms with van der Waals surface area (Å²) in [6.45, 7) is 5.45. The van der Waals surface area contributed by atoms with Crippen LogP contribution in [0.1, 0.15) is 27.2 Å². The van der Waals surface area contributed by atoms with Crippen LogP contribution in [0, 0.1) is 12.3 Å². The molecule has 1 aliphatic heterocycles. The Bertz CT molecular complexity index is 393. The third-order valence-corrected chi connectivity index (χ3v) is 2.58. The standard InChI is InChI=1S/C13H19NO5/c1-5-6-18-9-7-10(11(15)16)14(8-9)12(17)19-13(2,3)4/h1,9-10H,6-8H2,2-4H3,(H,15,16)/t9-,10+/m1/s1. The molecule has 1 heterocycles. The van der Waals surface area contributed by atoms with Crippen molar-refractivity contribution in [3.63, 3.8) is 0 Å². The Morgan fingerprint density at radius 1 is 1.47 bits per heavy atom. The Morgan fingerprint density at radius 2 is 2.11 bits per heavy atom. The minimum atomic E-state index is -1.07. The number of likely N-dealkylation sites (tertiary alicyclic amines) is 1. The van der Waals surface area contributed by atoms with Gasteiger partial charge in [-0.2, -0.15) is 0 Å². The largest absolute Gasteiger partial charge is 0.480 e. The average molecular weight is 269 g/mol. The summed E-state index contributed by atoms with van der Waals surface area (Å²) in [6.07, 6.45) is 4.28. The molecular formula is C13H19NO5. The van der Waals surface area contributed by atoms with Gasteiger partial charge in [0, 0.05) is 6.42 Å². The van der Waals surface area contributed by atoms with Gasteiger partial charge in [0.2, 0.25) is 0 Å². The molecular weight excluding hydrogens is 250 g/mol. The number of carbonyl (C=O) groups excluding carboxylic acids is 1. The highest BCUT2D eigenvalue weighted by atomic mass is 16.6. The van der Waals surface area contributed by atoms with Gasteiger partial charge in [-0.25, -0.2) is 9.59 Å². The third-order valence-electron chi connectivity index (χ3n) is 2.58. The van der Waals surface area contributed by atoms with Crippen molar-refractivity contribution >= 4 is 12.1 Å². The van der Waals surface area contributed by atoms with Crippen molar-refractivity contribution in [3.05, 3.63) is 0 Å². The number of aliphatic carboxylic acids is 1. The SMILES string of the molecule is C#CCO[C@@H]1C[C@@H](C(=O)O)N(C(=O)OC(C)(C)C)C1. The predicted octanol–water partition coefficient (Wildman–Crippen LogP) is 1.10. The molecule has 0 aromatic carbocycles. The molecule has 19 heavy (non-hydrogen) atoms. The van der Waals surface area contributed by atoms with E-state index in [9.17, 15) is 9.59 Å². The topological polar surface area (TPSA) is 76.1 Å². The first-order valence-corrected chi connectivity index (χ1v) is 6.02. The summed E-state index contributed by atoms with van der Waals surface area (Å²) < 4.78 is 10.5. The van der Waals surface area contributed by atoms with Crippen molar-refractivity contribution in [2.45, 2.75) is 44.9 Å². The van der Waals surface area contributed by atoms with Crippen molar-refractivity contribution < 1.29 is 24.2 Å². The number of carboxylic acids is 1. The predicted molar refractivity (Wildman–Crippen MR) is 67.6 cm³/mol. The number of ether oxygens (including phenoxy) is 2. The minimum Gasteiger partial charge on any atom is -0.480 e. The van der Waals surface area contributed by atoms with Gasteiger partial charge in [-0.05, 0) is 20.8 Å². The summed E-state index contributed by atoms with van der Waals surface area (Å²) in [5, 5.41) is 9.13. The lowest BCUT2D eigenvalue weighted by atomic mass is 10.2. The van der Waals surface area contributed by atoms with E-state index in [4.69, 9.17) is 21.0 Å². The van der Waals surface area contributed by atoms with Crippen LogP contribution >= 0.6 is 0 Å². The van der Waals surface area contributed by atoms with E-state index in [1.54, 1.807) is 20.8 Å². The molecule has 6 nitrogen and oxygen atoms in total. The molecule has 106 valence electrons. The molecule has 2 atom stereocenters. The smallest absolute Gasteiger partial charge is 0.411 e. The van der Waals surface area contributed by atoms with Crippen LogP contribution in [-0.2, 0) is 14.3 Å². The minimum absolute atomic E-state index is 0.0964. The number of carboxylic acid groups (broad SMARTS) is 1. The van der Waals surface area contributed by atoms with E-state index in [0.29, 0.717) is 0 Å². The molecule has 1 N–H and O–H groups in total. The normalized spacial score (nSPS) is 22.9. The molecule has 0 aromatic heterocycles. The zero-order valence-corrected chi connectivity index (χ0v) is 11.4. The maximum atomic E-state index is 11.9. The van der Waals surface area contributed by atoms with Crippen molar-refractivity contribution in [1.82, 2.24) is 4.90 Å². The molecule has 6 heteroatoms. The fourth-order valence-electron chi connectivity index (χ4n) is 1.84. The number of hydrogen-bond donors (Lipinski definition) is 1. The average Bonchev–Trinajstić information content (AvgIpc) is 2.68. The molecule has 1 amide bonds. The highest BCUT2D eigenvalue weighted by Crippen LogP contribution is 2.23. The maximum Gasteiger partial charge on any atom is 0.411 e. The van der Waals surface area contributed by atoms with Gasteiger partial charge in [0.05, 0.1) is 12.6 Å². The van der Waals surface area contributed by atoms with E-state index >= 15 is 0 Å². The van der Waals surface area contributed by atoms with Crippen LogP contribution in [0.15, 0.2) is 0 Å². The zero-order valence-electron chi connectivity index (χ0n) is 11.4. The second-order valence-corrected chi connectivity index (χ2v) is 5.36. The van der Waals surface area contributed by atoms with Gasteiger partial charge in [-0.3, -0.25) is 4.90 Å². The monoisotopic (exact) mass is 269 g/mol. The summed E-state index contributed by atoms with van der Waals surface area (Å²) in [6, 6.07) is -0.933. The van der Waals surface area contributed by atoms with Gasteiger partial charge in [-0.1, -0.05) is 5.92 Å². The first-order chi connectivity index (χ1) is 8.74. The maximum absolute atomic E-state index is 11.9. The van der Waals surface area contributed by atoms with Crippen molar-refractivity contribution in [1.29, 1.82) is 0 Å². The van der Waals surface area contributed by atoms with E-state index in [1.165, 1.54) is 4.90 Å². The van der Waals surface area contributed by atoms with E-state index < -0.39 is 23.7 Å². The van der Waals surface area contributed by atoms with E-state index in [1.807, 2.05) is 0 Å². The van der Waals surface area contributed by atoms with Crippen molar-refractivity contribution in [2.75, 3.05) is 13.2 Å². The summed E-state index contributed by atoms with van der Waals surface area (Å²) in [4.78, 5) is 24.3. The summed E-state index contributed by atoms with van der Waals surface area (Å²) in [7, 11) is 0. The van der Waals surface area contributed by atoms with Gasteiger partial charge in [0.15, 0.2) is 0 Å². The van der Waals surface area contributed by atoms with Crippen LogP contribution in [0.5, 0.6) is 0 Å². The molecule has 1 rings (SSSR count). The number of amides is 1. The number of terminal acetylenes is 1. The van der Waals surface area contributed by atoms with Crippen LogP contribution in [0.25, 0.3) is 0 Å². The first-order valence-electron chi connectivity index (χ1n) is 6.02. The first kappa shape index (κ1) is 15.3. The molecule has 0 spiro atoms. The van der Waals surface area contributed by atoms with Crippen LogP contribution in [0.2, 0.25) is 0 Å². The summed E-state index contributed by atoms with van der Waals surface area (Å²) in [5.74, 6) is 1.25. The van der Waals surface area contributed by atoms with Crippen LogP contribution in [-0.4, -0.2) is 53.0 Å². The zero-order chi connectivity index (χ0) is 14.6. The molecule has 0 saturated carbocycles. The Kier molecular flexibility index (Phi) is 4.78. The summed E-state index contributed by atoms with van der Waals surface area (Å²) >= 11 is 0. The van der Waals surface area contributed by atoms with Crippen LogP contribution in [0.4, 0.5) is 4.79 Å². The van der Waals surface area contributed by atoms with Gasteiger partial charge < -0.3 is 14.6 Å². The second kappa shape index (κ2) is 5.93. The fraction of sp³-hybridized carbons (Fsp3) is 0.692. The molecule has 1 fully saturated rings. The van der Waals surface area contributed by atoms with Gasteiger partial charge in [0.1, 0.15) is 18.2 Å². The van der Waals surface area contributed by atoms with Gasteiger partial charge in [-0.15, -0.1) is 6.42 Å². The van der Waals surface area contributed by atoms with Gasteiger partial charge in [0.25, 0.3) is 0 Å². The molecule has 1 aliphatic rings. The Morgan fingerprint density at radius 3 is 2.58 bits per heavy atom. The molecule has 0 bridgehead atoms. The van der Waals surface area contributed by atoms with Crippen molar-refractivity contribution in [2.24, 2.45) is 0 Å². The number of nitrogens with zero attached hydrogens (tertiary/aromatic N) is 1. The summed E-state index contributed by atoms with van der Waals surface area (Å²) in [5.41, 5.74) is -0.669. The number of hydrogen-bond acceptors (Lipinski definition) is 4. The lowest BCUT2D eigenvalue weighted by Crippen LogP contribution is -2.43. The Labute approximate surface area is 112 Å². The fourth-order valence-corrected chi connectivity index (χ4v) is 1.84. The van der Waals surface area contributed by atoms with Crippen molar-refractivity contribution in [3.8, 4) is 12.3 Å². The molecule has 0 aliphatic carbocycles. The van der Waals surface area contributed by atoms with Crippen LogP contribution in [0.3, 0.4) is 0 Å². The number of rotatable bonds is 3. The molecule has 1 saturated heterocycles. The highest BCUT2D eigenvalue weighted by molar-refractivity contribution is 5.81. The van der Waals surface area contributed by atoms with E-state index in [-0.39, 0.29) is 25.7 Å². The highest BCUT2D eigenvalue weighted by Gasteiger charge is 2.41. The molecule has 0 unspecified atom stereocenters. The van der Waals surface area contributed by atoms with E-state index in [0.717, 1.165) is 0 Å². The third kappa shape index (κ3) is 4.45. The molecule has 0 radical (unpaired) electrons. The number of carbonyl (C=O) groups is 2. The quantitative estimate of drug-likeness (QED) is 0.776. The molecule has 0 aromatic rings. The Balaban J connectivity index is 2.71. The van der Waals surface area contributed by atoms with E-state index in [2.05, 4.69) is 5.92 Å². The Hall–Kier alpha value is -1.74. The lowest BCUT2D eigenvalue weighted by molar-refractivity contribution is -0.142. The lowest BCUT2D eigenvalue weighted by Gasteiger charge is -2.26. The van der Waals surface area contributed by atoms with Gasteiger partial charge >= 0.3 is 12.1 Å².